The summed E-state index contributed by atoms with van der Waals surface area (Å²) in [5.74, 6) is 0. The zero-order chi connectivity index (χ0) is 15.9. The monoisotopic (exact) mass is 313 g/mol. The molecule has 2 fully saturated rings. The SMILES string of the molecule is CC(C)OCCN1CCN(CCN2CC(OC(C)C)C2)CC1. The number of hydrogen-bond acceptors (Lipinski definition) is 5. The van der Waals surface area contributed by atoms with E-state index in [1.54, 1.807) is 0 Å². The molecular weight excluding hydrogens is 278 g/mol. The Labute approximate surface area is 136 Å². The summed E-state index contributed by atoms with van der Waals surface area (Å²) in [7, 11) is 0. The first-order valence-electron chi connectivity index (χ1n) is 8.97. The summed E-state index contributed by atoms with van der Waals surface area (Å²) in [5.41, 5.74) is 0. The molecule has 0 radical (unpaired) electrons. The lowest BCUT2D eigenvalue weighted by molar-refractivity contribution is -0.0824. The van der Waals surface area contributed by atoms with E-state index in [1.165, 1.54) is 39.3 Å². The summed E-state index contributed by atoms with van der Waals surface area (Å²) in [5, 5.41) is 0. The highest BCUT2D eigenvalue weighted by Gasteiger charge is 2.28. The quantitative estimate of drug-likeness (QED) is 0.636. The van der Waals surface area contributed by atoms with Crippen LogP contribution in [0.5, 0.6) is 0 Å². The van der Waals surface area contributed by atoms with E-state index in [0.29, 0.717) is 18.3 Å². The van der Waals surface area contributed by atoms with Crippen molar-refractivity contribution in [1.29, 1.82) is 0 Å². The van der Waals surface area contributed by atoms with Crippen LogP contribution in [0.3, 0.4) is 0 Å². The molecular formula is C17H35N3O2. The maximum Gasteiger partial charge on any atom is 0.0832 e. The zero-order valence-electron chi connectivity index (χ0n) is 15.0. The summed E-state index contributed by atoms with van der Waals surface area (Å²) >= 11 is 0. The van der Waals surface area contributed by atoms with Gasteiger partial charge in [-0.2, -0.15) is 0 Å². The standard InChI is InChI=1S/C17H35N3O2/c1-15(2)21-12-11-19-7-5-18(6-8-19)9-10-20-13-17(14-20)22-16(3)4/h15-17H,5-14H2,1-4H3. The van der Waals surface area contributed by atoms with Crippen LogP contribution >= 0.6 is 0 Å². The van der Waals surface area contributed by atoms with Crippen molar-refractivity contribution in [2.24, 2.45) is 0 Å². The van der Waals surface area contributed by atoms with Gasteiger partial charge in [0.15, 0.2) is 0 Å². The Hall–Kier alpha value is -0.200. The van der Waals surface area contributed by atoms with Gasteiger partial charge in [-0.15, -0.1) is 0 Å². The molecule has 130 valence electrons. The number of nitrogens with zero attached hydrogens (tertiary/aromatic N) is 3. The molecule has 2 heterocycles. The van der Waals surface area contributed by atoms with Gasteiger partial charge in [0.25, 0.3) is 0 Å². The summed E-state index contributed by atoms with van der Waals surface area (Å²) in [6.45, 7) is 19.8. The van der Waals surface area contributed by atoms with Gasteiger partial charge >= 0.3 is 0 Å². The molecule has 0 unspecified atom stereocenters. The molecule has 2 rings (SSSR count). The average molecular weight is 313 g/mol. The number of likely N-dealkylation sites (tertiary alicyclic amines) is 1. The largest absolute Gasteiger partial charge is 0.377 e. The van der Waals surface area contributed by atoms with Gasteiger partial charge in [0.1, 0.15) is 0 Å². The highest BCUT2D eigenvalue weighted by atomic mass is 16.5. The highest BCUT2D eigenvalue weighted by molar-refractivity contribution is 4.82. The molecule has 0 amide bonds. The summed E-state index contributed by atoms with van der Waals surface area (Å²) < 4.78 is 11.4. The van der Waals surface area contributed by atoms with Crippen molar-refractivity contribution in [3.63, 3.8) is 0 Å². The van der Waals surface area contributed by atoms with E-state index in [9.17, 15) is 0 Å². The number of hydrogen-bond donors (Lipinski definition) is 0. The van der Waals surface area contributed by atoms with Gasteiger partial charge in [-0.1, -0.05) is 0 Å². The normalized spacial score (nSPS) is 22.6. The topological polar surface area (TPSA) is 28.2 Å². The Balaban J connectivity index is 1.48. The van der Waals surface area contributed by atoms with Gasteiger partial charge in [-0.3, -0.25) is 14.7 Å². The molecule has 0 aromatic carbocycles. The maximum absolute atomic E-state index is 5.80. The first-order valence-corrected chi connectivity index (χ1v) is 8.97. The third-order valence-corrected chi connectivity index (χ3v) is 4.44. The minimum absolute atomic E-state index is 0.348. The van der Waals surface area contributed by atoms with E-state index in [1.807, 2.05) is 0 Å². The zero-order valence-corrected chi connectivity index (χ0v) is 15.0. The van der Waals surface area contributed by atoms with Crippen LogP contribution in [-0.4, -0.2) is 98.5 Å². The fourth-order valence-electron chi connectivity index (χ4n) is 3.11. The van der Waals surface area contributed by atoms with Gasteiger partial charge in [-0.25, -0.2) is 0 Å². The van der Waals surface area contributed by atoms with E-state index >= 15 is 0 Å². The second-order valence-corrected chi connectivity index (χ2v) is 7.17. The van der Waals surface area contributed by atoms with E-state index < -0.39 is 0 Å². The fourth-order valence-corrected chi connectivity index (χ4v) is 3.11. The van der Waals surface area contributed by atoms with Crippen molar-refractivity contribution in [2.75, 3.05) is 65.5 Å². The summed E-state index contributed by atoms with van der Waals surface area (Å²) in [4.78, 5) is 7.63. The first kappa shape index (κ1) is 18.1. The lowest BCUT2D eigenvalue weighted by Gasteiger charge is -2.41. The minimum atomic E-state index is 0.348. The third kappa shape index (κ3) is 6.50. The van der Waals surface area contributed by atoms with E-state index in [4.69, 9.17) is 9.47 Å². The number of ether oxygens (including phenoxy) is 2. The fraction of sp³-hybridized carbons (Fsp3) is 1.00. The van der Waals surface area contributed by atoms with Crippen molar-refractivity contribution in [3.05, 3.63) is 0 Å². The molecule has 2 aliphatic heterocycles. The van der Waals surface area contributed by atoms with Crippen LogP contribution in [0.25, 0.3) is 0 Å². The lowest BCUT2D eigenvalue weighted by Crippen LogP contribution is -2.56. The molecule has 5 heteroatoms. The molecule has 2 saturated heterocycles. The Kier molecular flexibility index (Phi) is 7.57. The molecule has 0 aromatic rings. The molecule has 0 bridgehead atoms. The van der Waals surface area contributed by atoms with Crippen LogP contribution in [0.4, 0.5) is 0 Å². The molecule has 22 heavy (non-hydrogen) atoms. The van der Waals surface area contributed by atoms with Crippen molar-refractivity contribution in [2.45, 2.75) is 46.0 Å². The van der Waals surface area contributed by atoms with Crippen LogP contribution in [0, 0.1) is 0 Å². The lowest BCUT2D eigenvalue weighted by atomic mass is 10.1. The maximum atomic E-state index is 5.80. The number of rotatable bonds is 9. The summed E-state index contributed by atoms with van der Waals surface area (Å²) in [6.07, 6.45) is 1.18. The Bertz CT molecular complexity index is 298. The molecule has 0 spiro atoms. The van der Waals surface area contributed by atoms with Crippen molar-refractivity contribution < 1.29 is 9.47 Å². The molecule has 5 nitrogen and oxygen atoms in total. The highest BCUT2D eigenvalue weighted by Crippen LogP contribution is 2.13. The van der Waals surface area contributed by atoms with E-state index in [0.717, 1.165) is 26.2 Å². The Morgan fingerprint density at radius 2 is 1.32 bits per heavy atom. The van der Waals surface area contributed by atoms with Crippen LogP contribution in [0.2, 0.25) is 0 Å². The molecule has 2 aliphatic rings. The van der Waals surface area contributed by atoms with Gasteiger partial charge in [-0.05, 0) is 27.7 Å². The van der Waals surface area contributed by atoms with E-state index in [-0.39, 0.29) is 0 Å². The third-order valence-electron chi connectivity index (χ3n) is 4.44. The van der Waals surface area contributed by atoms with Crippen molar-refractivity contribution >= 4 is 0 Å². The predicted molar refractivity (Wildman–Crippen MR) is 90.4 cm³/mol. The average Bonchev–Trinajstić information content (AvgIpc) is 2.42. The van der Waals surface area contributed by atoms with Crippen molar-refractivity contribution in [3.8, 4) is 0 Å². The van der Waals surface area contributed by atoms with Crippen LogP contribution < -0.4 is 0 Å². The number of piperazine rings is 1. The van der Waals surface area contributed by atoms with Gasteiger partial charge in [0.2, 0.25) is 0 Å². The summed E-state index contributed by atoms with van der Waals surface area (Å²) in [6, 6.07) is 0. The molecule has 0 saturated carbocycles. The van der Waals surface area contributed by atoms with Gasteiger partial charge in [0, 0.05) is 58.9 Å². The second-order valence-electron chi connectivity index (χ2n) is 7.17. The predicted octanol–water partition coefficient (Wildman–Crippen LogP) is 1.14. The molecule has 0 aliphatic carbocycles. The van der Waals surface area contributed by atoms with Gasteiger partial charge < -0.3 is 9.47 Å². The second kappa shape index (κ2) is 9.18. The van der Waals surface area contributed by atoms with Gasteiger partial charge in [0.05, 0.1) is 24.9 Å². The molecule has 0 N–H and O–H groups in total. The van der Waals surface area contributed by atoms with Crippen LogP contribution in [0.1, 0.15) is 27.7 Å². The molecule has 0 aromatic heterocycles. The Morgan fingerprint density at radius 1 is 0.773 bits per heavy atom. The molecule has 0 atom stereocenters. The van der Waals surface area contributed by atoms with Crippen molar-refractivity contribution in [1.82, 2.24) is 14.7 Å². The van der Waals surface area contributed by atoms with Crippen LogP contribution in [-0.2, 0) is 9.47 Å². The van der Waals surface area contributed by atoms with Crippen LogP contribution in [0.15, 0.2) is 0 Å². The smallest absolute Gasteiger partial charge is 0.0832 e. The first-order chi connectivity index (χ1) is 10.5. The Morgan fingerprint density at radius 3 is 1.86 bits per heavy atom. The minimum Gasteiger partial charge on any atom is -0.377 e. The van der Waals surface area contributed by atoms with E-state index in [2.05, 4.69) is 42.4 Å².